The van der Waals surface area contributed by atoms with E-state index in [1.54, 1.807) is 11.3 Å². The van der Waals surface area contributed by atoms with Gasteiger partial charge < -0.3 is 15.3 Å². The summed E-state index contributed by atoms with van der Waals surface area (Å²) in [5.74, 6) is 0. The molecule has 1 saturated heterocycles. The lowest BCUT2D eigenvalue weighted by Crippen LogP contribution is -2.55. The van der Waals surface area contributed by atoms with Gasteiger partial charge in [-0.05, 0) is 17.9 Å². The second-order valence-corrected chi connectivity index (χ2v) is 5.25. The Morgan fingerprint density at radius 1 is 1.25 bits per heavy atom. The van der Waals surface area contributed by atoms with Gasteiger partial charge >= 0.3 is 0 Å². The lowest BCUT2D eigenvalue weighted by Gasteiger charge is -2.36. The van der Waals surface area contributed by atoms with Crippen LogP contribution in [0.4, 0.5) is 0 Å². The second kappa shape index (κ2) is 5.25. The van der Waals surface area contributed by atoms with Crippen molar-refractivity contribution in [3.05, 3.63) is 22.4 Å². The topological polar surface area (TPSA) is 63.9 Å². The fraction of sp³-hybridized carbons (Fsp3) is 0.636. The van der Waals surface area contributed by atoms with Crippen LogP contribution in [-0.2, 0) is 6.42 Å². The Balaban J connectivity index is 1.82. The first kappa shape index (κ1) is 12.0. The van der Waals surface area contributed by atoms with E-state index >= 15 is 0 Å². The standard InChI is InChI=1S/C11H17NO3S/c13-9-6-12(7-10(14)11(9)15)4-3-8-2-1-5-16-8/h1-2,5,9-11,13-15H,3-4,6-7H2/t9-,10+,11?. The molecule has 2 heterocycles. The predicted molar refractivity (Wildman–Crippen MR) is 62.5 cm³/mol. The lowest BCUT2D eigenvalue weighted by atomic mass is 10.0. The van der Waals surface area contributed by atoms with Crippen molar-refractivity contribution in [3.63, 3.8) is 0 Å². The summed E-state index contributed by atoms with van der Waals surface area (Å²) in [6.07, 6.45) is -1.76. The van der Waals surface area contributed by atoms with Crippen molar-refractivity contribution in [1.82, 2.24) is 4.90 Å². The molecule has 5 heteroatoms. The molecule has 90 valence electrons. The Bertz CT molecular complexity index is 305. The zero-order valence-electron chi connectivity index (χ0n) is 8.99. The fourth-order valence-electron chi connectivity index (χ4n) is 1.98. The molecule has 0 aliphatic carbocycles. The molecule has 0 bridgehead atoms. The van der Waals surface area contributed by atoms with Crippen molar-refractivity contribution in [2.24, 2.45) is 0 Å². The molecule has 16 heavy (non-hydrogen) atoms. The van der Waals surface area contributed by atoms with Gasteiger partial charge in [0.05, 0.1) is 12.2 Å². The molecule has 0 radical (unpaired) electrons. The van der Waals surface area contributed by atoms with Crippen molar-refractivity contribution < 1.29 is 15.3 Å². The van der Waals surface area contributed by atoms with Crippen LogP contribution < -0.4 is 0 Å². The first-order chi connectivity index (χ1) is 7.66. The second-order valence-electron chi connectivity index (χ2n) is 4.21. The zero-order chi connectivity index (χ0) is 11.5. The van der Waals surface area contributed by atoms with Crippen LogP contribution in [-0.4, -0.2) is 58.2 Å². The summed E-state index contributed by atoms with van der Waals surface area (Å²) in [4.78, 5) is 3.29. The van der Waals surface area contributed by atoms with Crippen molar-refractivity contribution in [2.75, 3.05) is 19.6 Å². The van der Waals surface area contributed by atoms with Gasteiger partial charge in [0.1, 0.15) is 6.10 Å². The van der Waals surface area contributed by atoms with E-state index in [2.05, 4.69) is 6.07 Å². The van der Waals surface area contributed by atoms with E-state index in [9.17, 15) is 15.3 Å². The number of β-amino-alcohol motifs (C(OH)–C–C–N with tert-alkyl or cyclic N) is 2. The number of hydrogen-bond donors (Lipinski definition) is 3. The summed E-state index contributed by atoms with van der Waals surface area (Å²) >= 11 is 1.71. The van der Waals surface area contributed by atoms with E-state index in [0.717, 1.165) is 13.0 Å². The molecule has 3 atom stereocenters. The van der Waals surface area contributed by atoms with Gasteiger partial charge in [-0.2, -0.15) is 0 Å². The number of nitrogens with zero attached hydrogens (tertiary/aromatic N) is 1. The number of rotatable bonds is 3. The molecular weight excluding hydrogens is 226 g/mol. The lowest BCUT2D eigenvalue weighted by molar-refractivity contribution is -0.109. The summed E-state index contributed by atoms with van der Waals surface area (Å²) in [6, 6.07) is 4.10. The van der Waals surface area contributed by atoms with Crippen LogP contribution in [0.15, 0.2) is 17.5 Å². The average molecular weight is 243 g/mol. The molecule has 4 nitrogen and oxygen atoms in total. The zero-order valence-corrected chi connectivity index (χ0v) is 9.81. The number of aliphatic hydroxyl groups is 3. The highest BCUT2D eigenvalue weighted by atomic mass is 32.1. The summed E-state index contributed by atoms with van der Waals surface area (Å²) in [6.45, 7) is 1.68. The highest BCUT2D eigenvalue weighted by Crippen LogP contribution is 2.14. The third-order valence-electron chi connectivity index (χ3n) is 2.93. The van der Waals surface area contributed by atoms with Crippen LogP contribution in [0.2, 0.25) is 0 Å². The molecule has 0 spiro atoms. The largest absolute Gasteiger partial charge is 0.389 e. The van der Waals surface area contributed by atoms with Gasteiger partial charge in [-0.15, -0.1) is 11.3 Å². The van der Waals surface area contributed by atoms with E-state index < -0.39 is 18.3 Å². The minimum absolute atomic E-state index is 0.434. The Morgan fingerprint density at radius 3 is 2.50 bits per heavy atom. The van der Waals surface area contributed by atoms with Gasteiger partial charge in [0.25, 0.3) is 0 Å². The maximum absolute atomic E-state index is 9.53. The Hall–Kier alpha value is -0.460. The maximum atomic E-state index is 9.53. The summed E-state index contributed by atoms with van der Waals surface area (Å²) in [7, 11) is 0. The molecule has 3 N–H and O–H groups in total. The van der Waals surface area contributed by atoms with E-state index in [-0.39, 0.29) is 0 Å². The highest BCUT2D eigenvalue weighted by molar-refractivity contribution is 7.09. The third-order valence-corrected chi connectivity index (χ3v) is 3.87. The molecule has 0 amide bonds. The summed E-state index contributed by atoms with van der Waals surface area (Å²) < 4.78 is 0. The smallest absolute Gasteiger partial charge is 0.108 e. The van der Waals surface area contributed by atoms with Gasteiger partial charge in [0.2, 0.25) is 0 Å². The number of hydrogen-bond acceptors (Lipinski definition) is 5. The molecule has 1 aliphatic heterocycles. The first-order valence-corrected chi connectivity index (χ1v) is 6.33. The monoisotopic (exact) mass is 243 g/mol. The number of thiophene rings is 1. The maximum Gasteiger partial charge on any atom is 0.108 e. The molecule has 1 aliphatic rings. The molecular formula is C11H17NO3S. The Morgan fingerprint density at radius 2 is 1.94 bits per heavy atom. The van der Waals surface area contributed by atoms with Crippen LogP contribution in [0, 0.1) is 0 Å². The van der Waals surface area contributed by atoms with Crippen LogP contribution in [0.25, 0.3) is 0 Å². The van der Waals surface area contributed by atoms with Crippen LogP contribution in [0.5, 0.6) is 0 Å². The fourth-order valence-corrected chi connectivity index (χ4v) is 2.68. The van der Waals surface area contributed by atoms with Crippen molar-refractivity contribution >= 4 is 11.3 Å². The summed E-state index contributed by atoms with van der Waals surface area (Å²) in [5.41, 5.74) is 0. The van der Waals surface area contributed by atoms with E-state index in [1.807, 2.05) is 16.3 Å². The van der Waals surface area contributed by atoms with Crippen LogP contribution in [0.1, 0.15) is 4.88 Å². The van der Waals surface area contributed by atoms with E-state index in [4.69, 9.17) is 0 Å². The predicted octanol–water partition coefficient (Wildman–Crippen LogP) is -0.311. The van der Waals surface area contributed by atoms with Crippen LogP contribution >= 0.6 is 11.3 Å². The van der Waals surface area contributed by atoms with Gasteiger partial charge in [0, 0.05) is 24.5 Å². The van der Waals surface area contributed by atoms with Crippen LogP contribution in [0.3, 0.4) is 0 Å². The van der Waals surface area contributed by atoms with E-state index in [0.29, 0.717) is 13.1 Å². The highest BCUT2D eigenvalue weighted by Gasteiger charge is 2.32. The van der Waals surface area contributed by atoms with E-state index in [1.165, 1.54) is 4.88 Å². The quantitative estimate of drug-likeness (QED) is 0.681. The molecule has 0 saturated carbocycles. The SMILES string of the molecule is OC1[C@H](O)CN(CCc2cccs2)C[C@@H]1O. The molecule has 1 fully saturated rings. The minimum Gasteiger partial charge on any atom is -0.389 e. The van der Waals surface area contributed by atoms with Crippen molar-refractivity contribution in [3.8, 4) is 0 Å². The molecule has 2 rings (SSSR count). The van der Waals surface area contributed by atoms with Crippen molar-refractivity contribution in [2.45, 2.75) is 24.7 Å². The Kier molecular flexibility index (Phi) is 3.94. The van der Waals surface area contributed by atoms with Crippen molar-refractivity contribution in [1.29, 1.82) is 0 Å². The van der Waals surface area contributed by atoms with Gasteiger partial charge in [-0.1, -0.05) is 6.07 Å². The molecule has 0 aromatic carbocycles. The number of aliphatic hydroxyl groups excluding tert-OH is 3. The minimum atomic E-state index is -1.00. The molecule has 1 aromatic rings. The van der Waals surface area contributed by atoms with Gasteiger partial charge in [0.15, 0.2) is 0 Å². The average Bonchev–Trinajstić information content (AvgIpc) is 2.75. The normalized spacial score (nSPS) is 31.8. The molecule has 1 aromatic heterocycles. The first-order valence-electron chi connectivity index (χ1n) is 5.46. The molecule has 1 unspecified atom stereocenters. The Labute approximate surface area is 98.8 Å². The van der Waals surface area contributed by atoms with Gasteiger partial charge in [-0.25, -0.2) is 0 Å². The van der Waals surface area contributed by atoms with Gasteiger partial charge in [-0.3, -0.25) is 4.90 Å². The number of piperidine rings is 1. The summed E-state index contributed by atoms with van der Waals surface area (Å²) in [5, 5.41) is 30.5. The third kappa shape index (κ3) is 2.81. The number of likely N-dealkylation sites (tertiary alicyclic amines) is 1.